The van der Waals surface area contributed by atoms with Crippen LogP contribution in [0.15, 0.2) is 73.3 Å². The van der Waals surface area contributed by atoms with Crippen molar-refractivity contribution in [2.45, 2.75) is 13.0 Å². The molecule has 2 heterocycles. The summed E-state index contributed by atoms with van der Waals surface area (Å²) in [5.41, 5.74) is 2.00. The topological polar surface area (TPSA) is 46.8 Å². The molecule has 0 atom stereocenters. The molecule has 0 saturated heterocycles. The molecule has 0 aliphatic carbocycles. The molecule has 5 nitrogen and oxygen atoms in total. The molecule has 0 aliphatic rings. The average molecular weight is 343 g/mol. The minimum atomic E-state index is 0.765. The summed E-state index contributed by atoms with van der Waals surface area (Å²) < 4.78 is 2.10. The molecule has 2 aromatic heterocycles. The molecule has 0 N–H and O–H groups in total. The number of aryl methyl sites for hydroxylation is 1. The molecular weight excluding hydrogens is 322 g/mol. The Morgan fingerprint density at radius 2 is 1.77 bits per heavy atom. The van der Waals surface area contributed by atoms with E-state index in [1.165, 1.54) is 0 Å². The van der Waals surface area contributed by atoms with E-state index in [4.69, 9.17) is 9.97 Å². The summed E-state index contributed by atoms with van der Waals surface area (Å²) >= 11 is 0. The summed E-state index contributed by atoms with van der Waals surface area (Å²) in [6.45, 7) is 1.85. The Kier molecular flexibility index (Phi) is 4.60. The molecule has 0 aliphatic heterocycles. The molecule has 4 aromatic rings. The van der Waals surface area contributed by atoms with Crippen LogP contribution in [0.4, 0.5) is 5.82 Å². The van der Waals surface area contributed by atoms with Crippen molar-refractivity contribution in [3.63, 3.8) is 0 Å². The van der Waals surface area contributed by atoms with Crippen LogP contribution in [-0.2, 0) is 6.54 Å². The van der Waals surface area contributed by atoms with Gasteiger partial charge in [0.05, 0.1) is 11.8 Å². The summed E-state index contributed by atoms with van der Waals surface area (Å²) in [7, 11) is 2.09. The van der Waals surface area contributed by atoms with Crippen LogP contribution in [-0.4, -0.2) is 33.1 Å². The Labute approximate surface area is 153 Å². The number of rotatable bonds is 6. The molecule has 0 fully saturated rings. The molecule has 5 heteroatoms. The van der Waals surface area contributed by atoms with Crippen LogP contribution < -0.4 is 4.90 Å². The van der Waals surface area contributed by atoms with E-state index in [0.717, 1.165) is 47.6 Å². The van der Waals surface area contributed by atoms with Crippen molar-refractivity contribution in [1.29, 1.82) is 0 Å². The van der Waals surface area contributed by atoms with Gasteiger partial charge in [0.2, 0.25) is 0 Å². The molecule has 2 aromatic carbocycles. The van der Waals surface area contributed by atoms with Crippen molar-refractivity contribution in [1.82, 2.24) is 19.5 Å². The second kappa shape index (κ2) is 7.35. The van der Waals surface area contributed by atoms with Crippen molar-refractivity contribution in [3.8, 4) is 11.4 Å². The van der Waals surface area contributed by atoms with Gasteiger partial charge in [-0.15, -0.1) is 0 Å². The number of aromatic nitrogens is 4. The van der Waals surface area contributed by atoms with E-state index < -0.39 is 0 Å². The summed E-state index contributed by atoms with van der Waals surface area (Å²) in [5, 5.41) is 1.08. The molecule has 4 rings (SSSR count). The Hall–Kier alpha value is -3.21. The zero-order valence-corrected chi connectivity index (χ0v) is 14.8. The SMILES string of the molecule is CN(CCCn1ccnc1)c1nc(-c2ccccc2)nc2ccccc12. The van der Waals surface area contributed by atoms with Crippen LogP contribution in [0.1, 0.15) is 6.42 Å². The fourth-order valence-electron chi connectivity index (χ4n) is 3.08. The van der Waals surface area contributed by atoms with Gasteiger partial charge in [0.25, 0.3) is 0 Å². The maximum absolute atomic E-state index is 4.88. The first-order valence-corrected chi connectivity index (χ1v) is 8.80. The normalized spacial score (nSPS) is 11.0. The Balaban J connectivity index is 1.64. The van der Waals surface area contributed by atoms with Crippen LogP contribution in [0, 0.1) is 0 Å². The van der Waals surface area contributed by atoms with Crippen LogP contribution in [0.25, 0.3) is 22.3 Å². The van der Waals surface area contributed by atoms with Crippen molar-refractivity contribution in [2.24, 2.45) is 0 Å². The summed E-state index contributed by atoms with van der Waals surface area (Å²) in [5.74, 6) is 1.74. The molecule has 0 radical (unpaired) electrons. The van der Waals surface area contributed by atoms with E-state index in [1.807, 2.05) is 67.3 Å². The van der Waals surface area contributed by atoms with Crippen molar-refractivity contribution < 1.29 is 0 Å². The monoisotopic (exact) mass is 343 g/mol. The Morgan fingerprint density at radius 1 is 0.962 bits per heavy atom. The minimum Gasteiger partial charge on any atom is -0.359 e. The first-order chi connectivity index (χ1) is 12.8. The lowest BCUT2D eigenvalue weighted by molar-refractivity contribution is 0.636. The van der Waals surface area contributed by atoms with Gasteiger partial charge in [-0.25, -0.2) is 15.0 Å². The van der Waals surface area contributed by atoms with E-state index in [9.17, 15) is 0 Å². The van der Waals surface area contributed by atoms with Crippen LogP contribution in [0.5, 0.6) is 0 Å². The smallest absolute Gasteiger partial charge is 0.162 e. The van der Waals surface area contributed by atoms with Crippen LogP contribution in [0.3, 0.4) is 0 Å². The predicted octanol–water partition coefficient (Wildman–Crippen LogP) is 4.02. The first kappa shape index (κ1) is 16.3. The highest BCUT2D eigenvalue weighted by Crippen LogP contribution is 2.26. The molecule has 0 unspecified atom stereocenters. The highest BCUT2D eigenvalue weighted by Gasteiger charge is 2.12. The van der Waals surface area contributed by atoms with Gasteiger partial charge >= 0.3 is 0 Å². The Bertz CT molecular complexity index is 980. The lowest BCUT2D eigenvalue weighted by atomic mass is 10.1. The zero-order valence-electron chi connectivity index (χ0n) is 14.8. The van der Waals surface area contributed by atoms with Gasteiger partial charge in [-0.3, -0.25) is 0 Å². The second-order valence-electron chi connectivity index (χ2n) is 6.33. The van der Waals surface area contributed by atoms with Gasteiger partial charge in [-0.1, -0.05) is 42.5 Å². The second-order valence-corrected chi connectivity index (χ2v) is 6.33. The number of nitrogens with zero attached hydrogens (tertiary/aromatic N) is 5. The molecule has 0 spiro atoms. The zero-order chi connectivity index (χ0) is 17.8. The number of imidazole rings is 1. The summed E-state index contributed by atoms with van der Waals surface area (Å²) in [4.78, 5) is 16.0. The van der Waals surface area contributed by atoms with Crippen LogP contribution >= 0.6 is 0 Å². The van der Waals surface area contributed by atoms with Crippen molar-refractivity contribution >= 4 is 16.7 Å². The van der Waals surface area contributed by atoms with Gasteiger partial charge in [-0.05, 0) is 18.6 Å². The minimum absolute atomic E-state index is 0.765. The standard InChI is InChI=1S/C21H21N5/c1-25(13-7-14-26-15-12-22-16-26)21-18-10-5-6-11-19(18)23-20(24-21)17-8-3-2-4-9-17/h2-6,8-12,15-16H,7,13-14H2,1H3. The highest BCUT2D eigenvalue weighted by molar-refractivity contribution is 5.90. The molecule has 26 heavy (non-hydrogen) atoms. The first-order valence-electron chi connectivity index (χ1n) is 8.80. The van der Waals surface area contributed by atoms with Gasteiger partial charge in [0, 0.05) is 43.5 Å². The number of benzene rings is 2. The third kappa shape index (κ3) is 3.42. The molecule has 0 bridgehead atoms. The van der Waals surface area contributed by atoms with E-state index in [-0.39, 0.29) is 0 Å². The molecule has 130 valence electrons. The number of hydrogen-bond acceptors (Lipinski definition) is 4. The number of para-hydroxylation sites is 1. The van der Waals surface area contributed by atoms with E-state index >= 15 is 0 Å². The van der Waals surface area contributed by atoms with Crippen molar-refractivity contribution in [2.75, 3.05) is 18.5 Å². The quantitative estimate of drug-likeness (QED) is 0.530. The van der Waals surface area contributed by atoms with Gasteiger partial charge in [0.1, 0.15) is 5.82 Å². The maximum Gasteiger partial charge on any atom is 0.162 e. The Morgan fingerprint density at radius 3 is 2.58 bits per heavy atom. The summed E-state index contributed by atoms with van der Waals surface area (Å²) in [6.07, 6.45) is 6.68. The lowest BCUT2D eigenvalue weighted by Crippen LogP contribution is -2.21. The fraction of sp³-hybridized carbons (Fsp3) is 0.190. The fourth-order valence-corrected chi connectivity index (χ4v) is 3.08. The van der Waals surface area contributed by atoms with Gasteiger partial charge < -0.3 is 9.47 Å². The van der Waals surface area contributed by atoms with E-state index in [2.05, 4.69) is 27.6 Å². The predicted molar refractivity (Wildman–Crippen MR) is 105 cm³/mol. The number of fused-ring (bicyclic) bond motifs is 1. The van der Waals surface area contributed by atoms with Crippen molar-refractivity contribution in [3.05, 3.63) is 73.3 Å². The number of anilines is 1. The maximum atomic E-state index is 4.88. The number of hydrogen-bond donors (Lipinski definition) is 0. The third-order valence-electron chi connectivity index (χ3n) is 4.45. The summed E-state index contributed by atoms with van der Waals surface area (Å²) in [6, 6.07) is 18.3. The molecule has 0 amide bonds. The van der Waals surface area contributed by atoms with Crippen LogP contribution in [0.2, 0.25) is 0 Å². The van der Waals surface area contributed by atoms with Gasteiger partial charge in [-0.2, -0.15) is 0 Å². The lowest BCUT2D eigenvalue weighted by Gasteiger charge is -2.20. The largest absolute Gasteiger partial charge is 0.359 e. The van der Waals surface area contributed by atoms with Gasteiger partial charge in [0.15, 0.2) is 5.82 Å². The van der Waals surface area contributed by atoms with E-state index in [0.29, 0.717) is 0 Å². The highest BCUT2D eigenvalue weighted by atomic mass is 15.2. The van der Waals surface area contributed by atoms with E-state index in [1.54, 1.807) is 0 Å². The average Bonchev–Trinajstić information content (AvgIpc) is 3.21. The molecular formula is C21H21N5. The third-order valence-corrected chi connectivity index (χ3v) is 4.45. The molecule has 0 saturated carbocycles.